The van der Waals surface area contributed by atoms with E-state index in [1.165, 1.54) is 6.20 Å². The Hall–Kier alpha value is -2.00. The number of hydrogen-bond acceptors (Lipinski definition) is 5. The molecule has 0 spiro atoms. The highest BCUT2D eigenvalue weighted by Crippen LogP contribution is 2.22. The van der Waals surface area contributed by atoms with Gasteiger partial charge in [0.2, 0.25) is 10.0 Å². The molecule has 0 bridgehead atoms. The van der Waals surface area contributed by atoms with E-state index in [2.05, 4.69) is 9.71 Å². The second-order valence-electron chi connectivity index (χ2n) is 5.37. The van der Waals surface area contributed by atoms with Crippen molar-refractivity contribution < 1.29 is 13.2 Å². The molecule has 134 valence electrons. The summed E-state index contributed by atoms with van der Waals surface area (Å²) in [5.74, 6) is 5.41. The highest BCUT2D eigenvalue weighted by Gasteiger charge is 2.16. The predicted octanol–water partition coefficient (Wildman–Crippen LogP) is 2.00. The molecule has 2 aromatic rings. The van der Waals surface area contributed by atoms with Crippen molar-refractivity contribution in [3.05, 3.63) is 58.4 Å². The minimum absolute atomic E-state index is 0.00911. The van der Waals surface area contributed by atoms with E-state index in [0.29, 0.717) is 16.4 Å². The third-order valence-corrected chi connectivity index (χ3v) is 5.33. The Morgan fingerprint density at radius 3 is 2.60 bits per heavy atom. The molecule has 1 aromatic carbocycles. The molecule has 9 heteroatoms. The lowest BCUT2D eigenvalue weighted by molar-refractivity contribution is 0.0986. The van der Waals surface area contributed by atoms with Gasteiger partial charge in [-0.05, 0) is 43.7 Å². The first-order valence-corrected chi connectivity index (χ1v) is 9.54. The molecule has 1 amide bonds. The number of nitrogens with zero attached hydrogens (tertiary/aromatic N) is 2. The zero-order chi connectivity index (χ0) is 18.6. The van der Waals surface area contributed by atoms with Crippen LogP contribution in [0.2, 0.25) is 5.02 Å². The van der Waals surface area contributed by atoms with Crippen LogP contribution >= 0.6 is 11.6 Å². The monoisotopic (exact) mass is 382 g/mol. The molecule has 1 heterocycles. The summed E-state index contributed by atoms with van der Waals surface area (Å²) in [6.07, 6.45) is 1.35. The van der Waals surface area contributed by atoms with Crippen molar-refractivity contribution in [2.75, 3.05) is 10.8 Å². The molecule has 0 aliphatic heterocycles. The van der Waals surface area contributed by atoms with Crippen molar-refractivity contribution in [2.45, 2.75) is 20.4 Å². The highest BCUT2D eigenvalue weighted by atomic mass is 35.5. The number of hydrogen-bond donors (Lipinski definition) is 2. The van der Waals surface area contributed by atoms with E-state index in [4.69, 9.17) is 17.4 Å². The van der Waals surface area contributed by atoms with Crippen LogP contribution in [0, 0.1) is 6.92 Å². The molecular weight excluding hydrogens is 364 g/mol. The summed E-state index contributed by atoms with van der Waals surface area (Å²) in [6, 6.07) is 8.19. The lowest BCUT2D eigenvalue weighted by Gasteiger charge is -2.17. The minimum atomic E-state index is -3.30. The summed E-state index contributed by atoms with van der Waals surface area (Å²) in [6.45, 7) is 3.46. The van der Waals surface area contributed by atoms with Crippen LogP contribution in [0.3, 0.4) is 0 Å². The molecule has 7 nitrogen and oxygen atoms in total. The Kier molecular flexibility index (Phi) is 6.12. The van der Waals surface area contributed by atoms with Gasteiger partial charge in [0.25, 0.3) is 5.91 Å². The Morgan fingerprint density at radius 1 is 1.32 bits per heavy atom. The van der Waals surface area contributed by atoms with Crippen LogP contribution in [0.1, 0.15) is 28.5 Å². The van der Waals surface area contributed by atoms with Crippen LogP contribution in [0.15, 0.2) is 36.5 Å². The molecule has 0 saturated carbocycles. The minimum Gasteiger partial charge on any atom is -0.267 e. The van der Waals surface area contributed by atoms with Gasteiger partial charge < -0.3 is 0 Å². The first-order chi connectivity index (χ1) is 11.7. The molecule has 0 radical (unpaired) electrons. The Balaban J connectivity index is 2.10. The number of carbonyl (C=O) groups excluding carboxylic acids is 1. The van der Waals surface area contributed by atoms with E-state index in [-0.39, 0.29) is 17.9 Å². The molecule has 2 rings (SSSR count). The van der Waals surface area contributed by atoms with Gasteiger partial charge in [0.05, 0.1) is 29.2 Å². The lowest BCUT2D eigenvalue weighted by Crippen LogP contribution is -2.37. The smallest absolute Gasteiger partial charge is 0.267 e. The lowest BCUT2D eigenvalue weighted by atomic mass is 10.2. The van der Waals surface area contributed by atoms with Crippen LogP contribution in [0.25, 0.3) is 0 Å². The molecule has 0 aliphatic carbocycles. The molecular formula is C16H19ClN4O3S. The summed E-state index contributed by atoms with van der Waals surface area (Å²) in [5, 5.41) is 1.50. The number of aromatic nitrogens is 1. The third kappa shape index (κ3) is 4.99. The van der Waals surface area contributed by atoms with Crippen LogP contribution in [0.4, 0.5) is 5.69 Å². The van der Waals surface area contributed by atoms with Crippen LogP contribution in [-0.2, 0) is 16.6 Å². The van der Waals surface area contributed by atoms with Crippen molar-refractivity contribution in [3.63, 3.8) is 0 Å². The largest absolute Gasteiger partial charge is 0.274 e. The number of nitrogens with two attached hydrogens (primary N) is 1. The van der Waals surface area contributed by atoms with Crippen LogP contribution < -0.4 is 15.6 Å². The molecule has 0 unspecified atom stereocenters. The van der Waals surface area contributed by atoms with Crippen molar-refractivity contribution in [1.82, 2.24) is 9.71 Å². The van der Waals surface area contributed by atoms with Crippen molar-refractivity contribution >= 4 is 33.2 Å². The summed E-state index contributed by atoms with van der Waals surface area (Å²) >= 11 is 6.05. The van der Waals surface area contributed by atoms with E-state index in [0.717, 1.165) is 10.6 Å². The maximum atomic E-state index is 12.4. The molecule has 25 heavy (non-hydrogen) atoms. The maximum absolute atomic E-state index is 12.4. The second-order valence-corrected chi connectivity index (χ2v) is 7.87. The van der Waals surface area contributed by atoms with Gasteiger partial charge in [-0.1, -0.05) is 17.7 Å². The van der Waals surface area contributed by atoms with Gasteiger partial charge in [-0.3, -0.25) is 9.78 Å². The Bertz CT molecular complexity index is 869. The number of nitrogens with one attached hydrogen (secondary N) is 1. The standard InChI is InChI=1S/C16H19ClN4O3S/c1-3-25(23,24)20-10-13-6-5-12(9-19-13)16(22)21(18)14-7-4-11(2)15(17)8-14/h4-9,20H,3,10,18H2,1-2H3. The maximum Gasteiger partial charge on any atom is 0.274 e. The number of pyridine rings is 1. The van der Waals surface area contributed by atoms with Gasteiger partial charge >= 0.3 is 0 Å². The average molecular weight is 383 g/mol. The first-order valence-electron chi connectivity index (χ1n) is 7.51. The van der Waals surface area contributed by atoms with Gasteiger partial charge in [-0.25, -0.2) is 24.0 Å². The van der Waals surface area contributed by atoms with Crippen LogP contribution in [-0.4, -0.2) is 25.1 Å². The molecule has 0 saturated heterocycles. The Labute approximate surface area is 151 Å². The van der Waals surface area contributed by atoms with Crippen LogP contribution in [0.5, 0.6) is 0 Å². The van der Waals surface area contributed by atoms with E-state index in [1.807, 2.05) is 6.92 Å². The second kappa shape index (κ2) is 7.92. The quantitative estimate of drug-likeness (QED) is 0.451. The molecule has 0 atom stereocenters. The fraction of sp³-hybridized carbons (Fsp3) is 0.250. The van der Waals surface area contributed by atoms with Gasteiger partial charge in [0, 0.05) is 11.2 Å². The summed E-state index contributed by atoms with van der Waals surface area (Å²) in [7, 11) is -3.30. The highest BCUT2D eigenvalue weighted by molar-refractivity contribution is 7.89. The van der Waals surface area contributed by atoms with E-state index >= 15 is 0 Å². The van der Waals surface area contributed by atoms with Crippen molar-refractivity contribution in [2.24, 2.45) is 5.84 Å². The fourth-order valence-corrected chi connectivity index (χ4v) is 2.68. The number of hydrazine groups is 1. The number of rotatable bonds is 6. The average Bonchev–Trinajstić information content (AvgIpc) is 2.61. The van der Waals surface area contributed by atoms with E-state index < -0.39 is 15.9 Å². The number of anilines is 1. The molecule has 0 aliphatic rings. The number of amides is 1. The van der Waals surface area contributed by atoms with Gasteiger partial charge in [-0.2, -0.15) is 0 Å². The van der Waals surface area contributed by atoms with E-state index in [1.54, 1.807) is 37.3 Å². The van der Waals surface area contributed by atoms with E-state index in [9.17, 15) is 13.2 Å². The summed E-state index contributed by atoms with van der Waals surface area (Å²) in [5.41, 5.74) is 2.11. The fourth-order valence-electron chi connectivity index (χ4n) is 1.93. The predicted molar refractivity (Wildman–Crippen MR) is 97.7 cm³/mol. The number of halogens is 1. The van der Waals surface area contributed by atoms with Gasteiger partial charge in [-0.15, -0.1) is 0 Å². The zero-order valence-electron chi connectivity index (χ0n) is 13.9. The molecule has 1 aromatic heterocycles. The first kappa shape index (κ1) is 19.3. The van der Waals surface area contributed by atoms with Gasteiger partial charge in [0.15, 0.2) is 0 Å². The topological polar surface area (TPSA) is 105 Å². The Morgan fingerprint density at radius 2 is 2.04 bits per heavy atom. The number of aryl methyl sites for hydroxylation is 1. The summed E-state index contributed by atoms with van der Waals surface area (Å²) in [4.78, 5) is 16.5. The number of benzene rings is 1. The van der Waals surface area contributed by atoms with Gasteiger partial charge in [0.1, 0.15) is 0 Å². The third-order valence-electron chi connectivity index (χ3n) is 3.58. The normalized spacial score (nSPS) is 11.4. The zero-order valence-corrected chi connectivity index (χ0v) is 15.4. The van der Waals surface area contributed by atoms with Crippen molar-refractivity contribution in [1.29, 1.82) is 0 Å². The SMILES string of the molecule is CCS(=O)(=O)NCc1ccc(C(=O)N(N)c2ccc(C)c(Cl)c2)cn1. The molecule has 3 N–H and O–H groups in total. The summed E-state index contributed by atoms with van der Waals surface area (Å²) < 4.78 is 25.2. The van der Waals surface area contributed by atoms with Crippen molar-refractivity contribution in [3.8, 4) is 0 Å². The molecule has 0 fully saturated rings. The number of sulfonamides is 1. The number of carbonyl (C=O) groups is 1.